The van der Waals surface area contributed by atoms with Gasteiger partial charge in [-0.25, -0.2) is 0 Å². The zero-order valence-electron chi connectivity index (χ0n) is 15.8. The number of H-pyrrole nitrogens is 1. The van der Waals surface area contributed by atoms with Crippen molar-refractivity contribution in [2.75, 3.05) is 0 Å². The predicted molar refractivity (Wildman–Crippen MR) is 106 cm³/mol. The van der Waals surface area contributed by atoms with Crippen molar-refractivity contribution >= 4 is 16.7 Å². The highest BCUT2D eigenvalue weighted by Gasteiger charge is 2.19. The fourth-order valence-corrected chi connectivity index (χ4v) is 3.11. The predicted octanol–water partition coefficient (Wildman–Crippen LogP) is 3.60. The summed E-state index contributed by atoms with van der Waals surface area (Å²) in [6.45, 7) is 5.86. The molecule has 6 nitrogen and oxygen atoms in total. The van der Waals surface area contributed by atoms with Crippen LogP contribution in [0.25, 0.3) is 22.2 Å². The molecule has 3 aromatic rings. The molecule has 27 heavy (non-hydrogen) atoms. The van der Waals surface area contributed by atoms with E-state index in [2.05, 4.69) is 20.5 Å². The van der Waals surface area contributed by atoms with E-state index < -0.39 is 6.04 Å². The van der Waals surface area contributed by atoms with Crippen LogP contribution in [0.1, 0.15) is 45.3 Å². The highest BCUT2D eigenvalue weighted by atomic mass is 16.2. The van der Waals surface area contributed by atoms with E-state index in [0.29, 0.717) is 18.7 Å². The Balaban J connectivity index is 1.93. The lowest BCUT2D eigenvalue weighted by atomic mass is 10.0. The lowest BCUT2D eigenvalue weighted by molar-refractivity contribution is -0.122. The summed E-state index contributed by atoms with van der Waals surface area (Å²) in [5.41, 5.74) is 0.726. The summed E-state index contributed by atoms with van der Waals surface area (Å²) in [7, 11) is 0. The lowest BCUT2D eigenvalue weighted by Crippen LogP contribution is -2.34. The first kappa shape index (κ1) is 18.8. The smallest absolute Gasteiger partial charge is 0.275 e. The summed E-state index contributed by atoms with van der Waals surface area (Å²) >= 11 is 0. The second kappa shape index (κ2) is 8.12. The van der Waals surface area contributed by atoms with Gasteiger partial charge < -0.3 is 10.3 Å². The van der Waals surface area contributed by atoms with Crippen molar-refractivity contribution in [2.24, 2.45) is 5.92 Å². The summed E-state index contributed by atoms with van der Waals surface area (Å²) in [6, 6.07) is 13.3. The van der Waals surface area contributed by atoms with E-state index in [1.807, 2.05) is 63.2 Å². The molecular weight excluding hydrogens is 340 g/mol. The van der Waals surface area contributed by atoms with Crippen LogP contribution >= 0.6 is 0 Å². The van der Waals surface area contributed by atoms with Crippen molar-refractivity contribution in [1.82, 2.24) is 20.5 Å². The molecule has 0 radical (unpaired) electrons. The van der Waals surface area contributed by atoms with Crippen LogP contribution < -0.4 is 10.9 Å². The van der Waals surface area contributed by atoms with Crippen LogP contribution in [0, 0.1) is 5.92 Å². The SMILES string of the molecule is CCC(NC(=O)CC(C)C)c1nnc(-c2cccc3ccccc23)[nH]c1=O. The van der Waals surface area contributed by atoms with Gasteiger partial charge in [-0.15, -0.1) is 10.2 Å². The lowest BCUT2D eigenvalue weighted by Gasteiger charge is -2.16. The molecular formula is C21H24N4O2. The Bertz CT molecular complexity index is 1000. The summed E-state index contributed by atoms with van der Waals surface area (Å²) < 4.78 is 0. The average Bonchev–Trinajstić information content (AvgIpc) is 2.65. The van der Waals surface area contributed by atoms with E-state index in [1.54, 1.807) is 0 Å². The number of aromatic amines is 1. The molecule has 1 amide bonds. The van der Waals surface area contributed by atoms with Crippen LogP contribution in [0.2, 0.25) is 0 Å². The fourth-order valence-electron chi connectivity index (χ4n) is 3.11. The molecule has 0 aliphatic rings. The van der Waals surface area contributed by atoms with Gasteiger partial charge in [0.25, 0.3) is 5.56 Å². The number of amides is 1. The van der Waals surface area contributed by atoms with Crippen LogP contribution in [0.4, 0.5) is 0 Å². The minimum absolute atomic E-state index is 0.0869. The van der Waals surface area contributed by atoms with Gasteiger partial charge in [0, 0.05) is 12.0 Å². The monoisotopic (exact) mass is 364 g/mol. The van der Waals surface area contributed by atoms with Crippen molar-refractivity contribution in [1.29, 1.82) is 0 Å². The molecule has 0 fully saturated rings. The zero-order valence-corrected chi connectivity index (χ0v) is 15.8. The number of carbonyl (C=O) groups is 1. The molecule has 0 saturated carbocycles. The van der Waals surface area contributed by atoms with Gasteiger partial charge in [0.2, 0.25) is 5.91 Å². The number of rotatable bonds is 6. The van der Waals surface area contributed by atoms with Crippen molar-refractivity contribution in [3.63, 3.8) is 0 Å². The average molecular weight is 364 g/mol. The molecule has 1 unspecified atom stereocenters. The molecule has 0 saturated heterocycles. The van der Waals surface area contributed by atoms with Crippen LogP contribution in [0.5, 0.6) is 0 Å². The number of aromatic nitrogens is 3. The van der Waals surface area contributed by atoms with Gasteiger partial charge in [0.05, 0.1) is 6.04 Å². The number of benzene rings is 2. The molecule has 0 bridgehead atoms. The Kier molecular flexibility index (Phi) is 5.64. The van der Waals surface area contributed by atoms with Crippen molar-refractivity contribution in [3.05, 3.63) is 58.5 Å². The quantitative estimate of drug-likeness (QED) is 0.699. The number of hydrogen-bond donors (Lipinski definition) is 2. The second-order valence-corrected chi connectivity index (χ2v) is 7.04. The molecule has 0 spiro atoms. The highest BCUT2D eigenvalue weighted by molar-refractivity contribution is 5.94. The van der Waals surface area contributed by atoms with E-state index >= 15 is 0 Å². The standard InChI is InChI=1S/C21H24N4O2/c1-4-17(22-18(26)12-13(2)3)19-21(27)23-20(25-24-19)16-11-7-9-14-8-5-6-10-15(14)16/h5-11,13,17H,4,12H2,1-3H3,(H,22,26)(H,23,25,27). The van der Waals surface area contributed by atoms with Gasteiger partial charge in [-0.2, -0.15) is 0 Å². The maximum atomic E-state index is 12.6. The number of carbonyl (C=O) groups excluding carboxylic acids is 1. The van der Waals surface area contributed by atoms with Gasteiger partial charge in [-0.05, 0) is 23.1 Å². The third-order valence-electron chi connectivity index (χ3n) is 4.43. The van der Waals surface area contributed by atoms with Gasteiger partial charge in [0.15, 0.2) is 11.5 Å². The van der Waals surface area contributed by atoms with E-state index in [-0.39, 0.29) is 23.1 Å². The van der Waals surface area contributed by atoms with E-state index in [0.717, 1.165) is 16.3 Å². The Morgan fingerprint density at radius 1 is 1.11 bits per heavy atom. The highest BCUT2D eigenvalue weighted by Crippen LogP contribution is 2.25. The molecule has 2 aromatic carbocycles. The van der Waals surface area contributed by atoms with Crippen molar-refractivity contribution in [2.45, 2.75) is 39.7 Å². The van der Waals surface area contributed by atoms with Gasteiger partial charge in [-0.3, -0.25) is 9.59 Å². The van der Waals surface area contributed by atoms with Crippen LogP contribution in [-0.2, 0) is 4.79 Å². The van der Waals surface area contributed by atoms with Gasteiger partial charge in [0.1, 0.15) is 0 Å². The van der Waals surface area contributed by atoms with E-state index in [4.69, 9.17) is 0 Å². The third kappa shape index (κ3) is 4.22. The minimum atomic E-state index is -0.450. The first-order chi connectivity index (χ1) is 13.0. The largest absolute Gasteiger partial charge is 0.347 e. The molecule has 1 aromatic heterocycles. The first-order valence-corrected chi connectivity index (χ1v) is 9.24. The Morgan fingerprint density at radius 2 is 1.85 bits per heavy atom. The second-order valence-electron chi connectivity index (χ2n) is 7.04. The molecule has 2 N–H and O–H groups in total. The fraction of sp³-hybridized carbons (Fsp3) is 0.333. The van der Waals surface area contributed by atoms with Crippen LogP contribution in [-0.4, -0.2) is 21.1 Å². The molecule has 140 valence electrons. The number of hydrogen-bond acceptors (Lipinski definition) is 4. The molecule has 3 rings (SSSR count). The Morgan fingerprint density at radius 3 is 2.56 bits per heavy atom. The first-order valence-electron chi connectivity index (χ1n) is 9.24. The summed E-state index contributed by atoms with van der Waals surface area (Å²) in [4.78, 5) is 27.5. The number of nitrogens with zero attached hydrogens (tertiary/aromatic N) is 2. The molecule has 0 aliphatic carbocycles. The summed E-state index contributed by atoms with van der Waals surface area (Å²) in [5, 5.41) is 13.3. The maximum absolute atomic E-state index is 12.6. The summed E-state index contributed by atoms with van der Waals surface area (Å²) in [5.74, 6) is 0.584. The van der Waals surface area contributed by atoms with Crippen LogP contribution in [0.3, 0.4) is 0 Å². The normalized spacial score (nSPS) is 12.3. The molecule has 0 aliphatic heterocycles. The summed E-state index contributed by atoms with van der Waals surface area (Å²) in [6.07, 6.45) is 0.977. The van der Waals surface area contributed by atoms with Crippen molar-refractivity contribution in [3.8, 4) is 11.4 Å². The number of nitrogens with one attached hydrogen (secondary N) is 2. The number of fused-ring (bicyclic) bond motifs is 1. The van der Waals surface area contributed by atoms with E-state index in [1.165, 1.54) is 0 Å². The zero-order chi connectivity index (χ0) is 19.4. The van der Waals surface area contributed by atoms with Crippen molar-refractivity contribution < 1.29 is 4.79 Å². The minimum Gasteiger partial charge on any atom is -0.347 e. The van der Waals surface area contributed by atoms with Gasteiger partial charge >= 0.3 is 0 Å². The Hall–Kier alpha value is -3.02. The Labute approximate surface area is 158 Å². The molecule has 6 heteroatoms. The van der Waals surface area contributed by atoms with Gasteiger partial charge in [-0.1, -0.05) is 63.2 Å². The van der Waals surface area contributed by atoms with Crippen LogP contribution in [0.15, 0.2) is 47.3 Å². The topological polar surface area (TPSA) is 87.7 Å². The van der Waals surface area contributed by atoms with E-state index in [9.17, 15) is 9.59 Å². The molecule has 1 atom stereocenters. The maximum Gasteiger partial charge on any atom is 0.275 e. The molecule has 1 heterocycles. The third-order valence-corrected chi connectivity index (χ3v) is 4.43.